The summed E-state index contributed by atoms with van der Waals surface area (Å²) in [6.07, 6.45) is -2.23. The molecule has 13 nitrogen and oxygen atoms in total. The van der Waals surface area contributed by atoms with Crippen molar-refractivity contribution in [3.63, 3.8) is 0 Å². The van der Waals surface area contributed by atoms with Crippen LogP contribution in [0.4, 0.5) is 0 Å². The second-order valence-corrected chi connectivity index (χ2v) is 6.10. The third-order valence-corrected chi connectivity index (χ3v) is 3.85. The summed E-state index contributed by atoms with van der Waals surface area (Å²) in [5.41, 5.74) is 0. The minimum atomic E-state index is -1.55. The number of aliphatic carboxylic acids is 4. The zero-order chi connectivity index (χ0) is 22.6. The largest absolute Gasteiger partial charge is 0.481 e. The lowest BCUT2D eigenvalue weighted by Gasteiger charge is -2.23. The van der Waals surface area contributed by atoms with Crippen LogP contribution in [0, 0.1) is 0 Å². The van der Waals surface area contributed by atoms with Crippen LogP contribution in [0.1, 0.15) is 38.5 Å². The molecule has 0 spiro atoms. The fourth-order valence-corrected chi connectivity index (χ4v) is 2.28. The molecule has 2 amide bonds. The van der Waals surface area contributed by atoms with Gasteiger partial charge in [-0.2, -0.15) is 0 Å². The monoisotopic (exact) mass is 419 g/mol. The van der Waals surface area contributed by atoms with Gasteiger partial charge in [0.1, 0.15) is 12.1 Å². The molecule has 0 radical (unpaired) electrons. The first-order chi connectivity index (χ1) is 13.5. The van der Waals surface area contributed by atoms with Crippen LogP contribution in [-0.4, -0.2) is 81.3 Å². The highest BCUT2D eigenvalue weighted by molar-refractivity contribution is 5.92. The molecule has 7 N–H and O–H groups in total. The summed E-state index contributed by atoms with van der Waals surface area (Å²) in [6.45, 7) is 0. The first-order valence-electron chi connectivity index (χ1n) is 8.64. The van der Waals surface area contributed by atoms with Gasteiger partial charge in [0.15, 0.2) is 0 Å². The molecular formula is C16H25N3O10. The van der Waals surface area contributed by atoms with E-state index in [0.717, 1.165) is 0 Å². The van der Waals surface area contributed by atoms with Crippen LogP contribution in [0.2, 0.25) is 0 Å². The molecule has 0 saturated carbocycles. The summed E-state index contributed by atoms with van der Waals surface area (Å²) in [4.78, 5) is 68.0. The van der Waals surface area contributed by atoms with E-state index >= 15 is 0 Å². The van der Waals surface area contributed by atoms with Crippen molar-refractivity contribution in [2.75, 3.05) is 7.05 Å². The van der Waals surface area contributed by atoms with Gasteiger partial charge in [-0.05, 0) is 26.3 Å². The average molecular weight is 419 g/mol. The van der Waals surface area contributed by atoms with Crippen LogP contribution in [0.3, 0.4) is 0 Å². The van der Waals surface area contributed by atoms with Crippen molar-refractivity contribution < 1.29 is 49.2 Å². The van der Waals surface area contributed by atoms with Crippen LogP contribution < -0.4 is 16.0 Å². The van der Waals surface area contributed by atoms with E-state index in [1.807, 2.05) is 0 Å². The fourth-order valence-electron chi connectivity index (χ4n) is 2.28. The number of hydrogen-bond acceptors (Lipinski definition) is 7. The van der Waals surface area contributed by atoms with Gasteiger partial charge in [0.2, 0.25) is 11.8 Å². The molecule has 0 heterocycles. The Bertz CT molecular complexity index is 636. The van der Waals surface area contributed by atoms with Crippen molar-refractivity contribution in [2.45, 2.75) is 56.7 Å². The molecule has 0 unspecified atom stereocenters. The minimum Gasteiger partial charge on any atom is -0.481 e. The maximum atomic E-state index is 12.4. The van der Waals surface area contributed by atoms with Crippen molar-refractivity contribution in [1.29, 1.82) is 0 Å². The van der Waals surface area contributed by atoms with Gasteiger partial charge in [0.25, 0.3) is 0 Å². The topological polar surface area (TPSA) is 219 Å². The molecule has 0 aromatic carbocycles. The van der Waals surface area contributed by atoms with Gasteiger partial charge in [0.05, 0.1) is 6.04 Å². The van der Waals surface area contributed by atoms with Gasteiger partial charge in [-0.25, -0.2) is 4.79 Å². The highest BCUT2D eigenvalue weighted by atomic mass is 16.4. The van der Waals surface area contributed by atoms with Gasteiger partial charge in [-0.15, -0.1) is 0 Å². The lowest BCUT2D eigenvalue weighted by atomic mass is 10.1. The maximum absolute atomic E-state index is 12.4. The van der Waals surface area contributed by atoms with Gasteiger partial charge in [0, 0.05) is 19.3 Å². The lowest BCUT2D eigenvalue weighted by Crippen LogP contribution is -2.55. The molecule has 0 saturated heterocycles. The summed E-state index contributed by atoms with van der Waals surface area (Å²) in [5, 5.41) is 42.2. The SMILES string of the molecule is CN[C@@H](CCC(=O)O)C(=O)N[C@@H](CCC(=O)O)C(=O)N[C@@H](CCC(=O)O)C(=O)O. The van der Waals surface area contributed by atoms with Crippen LogP contribution in [0.25, 0.3) is 0 Å². The maximum Gasteiger partial charge on any atom is 0.326 e. The molecule has 0 aromatic heterocycles. The van der Waals surface area contributed by atoms with Crippen molar-refractivity contribution in [3.05, 3.63) is 0 Å². The summed E-state index contributed by atoms with van der Waals surface area (Å²) in [5.74, 6) is -6.91. The molecule has 3 atom stereocenters. The molecule has 0 rings (SSSR count). The Balaban J connectivity index is 5.20. The summed E-state index contributed by atoms with van der Waals surface area (Å²) in [6, 6.07) is -3.94. The number of carbonyl (C=O) groups is 6. The Morgan fingerprint density at radius 2 is 0.966 bits per heavy atom. The third kappa shape index (κ3) is 11.3. The molecule has 29 heavy (non-hydrogen) atoms. The smallest absolute Gasteiger partial charge is 0.326 e. The van der Waals surface area contributed by atoms with Crippen LogP contribution in [-0.2, 0) is 28.8 Å². The normalized spacial score (nSPS) is 13.6. The van der Waals surface area contributed by atoms with E-state index in [1.165, 1.54) is 7.05 Å². The quantitative estimate of drug-likeness (QED) is 0.157. The molecule has 13 heteroatoms. The lowest BCUT2D eigenvalue weighted by molar-refractivity contribution is -0.144. The highest BCUT2D eigenvalue weighted by Gasteiger charge is 2.29. The van der Waals surface area contributed by atoms with E-state index in [2.05, 4.69) is 16.0 Å². The number of hydrogen-bond donors (Lipinski definition) is 7. The zero-order valence-corrected chi connectivity index (χ0v) is 15.7. The molecule has 0 bridgehead atoms. The number of carboxylic acids is 4. The Morgan fingerprint density at radius 1 is 0.621 bits per heavy atom. The van der Waals surface area contributed by atoms with E-state index in [9.17, 15) is 28.8 Å². The molecule has 0 aliphatic carbocycles. The molecule has 0 aromatic rings. The van der Waals surface area contributed by atoms with Gasteiger partial charge < -0.3 is 36.4 Å². The van der Waals surface area contributed by atoms with Gasteiger partial charge in [-0.3, -0.25) is 24.0 Å². The van der Waals surface area contributed by atoms with E-state index in [1.54, 1.807) is 0 Å². The highest BCUT2D eigenvalue weighted by Crippen LogP contribution is 2.05. The molecule has 0 aliphatic heterocycles. The summed E-state index contributed by atoms with van der Waals surface area (Å²) < 4.78 is 0. The van der Waals surface area contributed by atoms with Crippen LogP contribution in [0.15, 0.2) is 0 Å². The predicted molar refractivity (Wildman–Crippen MR) is 95.0 cm³/mol. The Labute approximate surface area is 165 Å². The number of carboxylic acid groups (broad SMARTS) is 4. The van der Waals surface area contributed by atoms with Crippen molar-refractivity contribution >= 4 is 35.7 Å². The number of likely N-dealkylation sites (N-methyl/N-ethyl adjacent to an activating group) is 1. The third-order valence-electron chi connectivity index (χ3n) is 3.85. The van der Waals surface area contributed by atoms with Crippen molar-refractivity contribution in [1.82, 2.24) is 16.0 Å². The molecule has 164 valence electrons. The standard InChI is InChI=1S/C16H25N3O10/c1-17-8(2-5-11(20)21)14(26)18-9(3-6-12(22)23)15(27)19-10(16(28)29)4-7-13(24)25/h8-10,17H,2-7H2,1H3,(H,18,26)(H,19,27)(H,20,21)(H,22,23)(H,24,25)(H,28,29)/t8-,9-,10-/m0/s1. The number of nitrogens with one attached hydrogen (secondary N) is 3. The van der Waals surface area contributed by atoms with E-state index in [-0.39, 0.29) is 19.3 Å². The number of rotatable bonds is 15. The molecule has 0 fully saturated rings. The number of carbonyl (C=O) groups excluding carboxylic acids is 2. The fraction of sp³-hybridized carbons (Fsp3) is 0.625. The van der Waals surface area contributed by atoms with E-state index in [4.69, 9.17) is 20.4 Å². The molecular weight excluding hydrogens is 394 g/mol. The van der Waals surface area contributed by atoms with Crippen LogP contribution >= 0.6 is 0 Å². The Hall–Kier alpha value is -3.22. The van der Waals surface area contributed by atoms with E-state index < -0.39 is 73.1 Å². The minimum absolute atomic E-state index is 0.0959. The van der Waals surface area contributed by atoms with E-state index in [0.29, 0.717) is 0 Å². The average Bonchev–Trinajstić information content (AvgIpc) is 2.61. The van der Waals surface area contributed by atoms with Gasteiger partial charge in [-0.1, -0.05) is 0 Å². The Kier molecular flexibility index (Phi) is 11.6. The van der Waals surface area contributed by atoms with Crippen LogP contribution in [0.5, 0.6) is 0 Å². The second-order valence-electron chi connectivity index (χ2n) is 6.10. The number of amides is 2. The molecule has 0 aliphatic rings. The predicted octanol–water partition coefficient (Wildman–Crippen LogP) is -1.78. The van der Waals surface area contributed by atoms with Crippen molar-refractivity contribution in [2.24, 2.45) is 0 Å². The summed E-state index contributed by atoms with van der Waals surface area (Å²) in [7, 11) is 1.39. The summed E-state index contributed by atoms with van der Waals surface area (Å²) >= 11 is 0. The van der Waals surface area contributed by atoms with Gasteiger partial charge >= 0.3 is 23.9 Å². The van der Waals surface area contributed by atoms with Crippen molar-refractivity contribution in [3.8, 4) is 0 Å². The first-order valence-corrected chi connectivity index (χ1v) is 8.64. The zero-order valence-electron chi connectivity index (χ0n) is 15.7. The Morgan fingerprint density at radius 3 is 1.34 bits per heavy atom. The second kappa shape index (κ2) is 13.0. The first kappa shape index (κ1) is 25.8.